The smallest absolute Gasteiger partial charge is 0.240 e. The number of nitrogens with zero attached hydrogens (tertiary/aromatic N) is 1. The number of guanidine groups is 1. The molecule has 0 saturated heterocycles. The Morgan fingerprint density at radius 2 is 1.93 bits per heavy atom. The normalized spacial score (nSPS) is 13.6. The molecule has 0 aliphatic carbocycles. The van der Waals surface area contributed by atoms with Crippen LogP contribution >= 0.6 is 0 Å². The SMILES string of the molecule is CCNC(=NCCNS(=O)(=O)c1ccccc1)NCCc1ccc2c(c1)CCO2. The Kier molecular flexibility index (Phi) is 7.48. The number of hydrogen-bond donors (Lipinski definition) is 3. The molecule has 1 aliphatic heterocycles. The molecule has 2 aromatic carbocycles. The molecule has 156 valence electrons. The summed E-state index contributed by atoms with van der Waals surface area (Å²) < 4.78 is 32.5. The van der Waals surface area contributed by atoms with Crippen LogP contribution in [0.3, 0.4) is 0 Å². The molecule has 0 spiro atoms. The Labute approximate surface area is 172 Å². The third kappa shape index (κ3) is 6.20. The lowest BCUT2D eigenvalue weighted by molar-refractivity contribution is 0.357. The average molecular weight is 417 g/mol. The monoisotopic (exact) mass is 416 g/mol. The van der Waals surface area contributed by atoms with Crippen LogP contribution in [0.5, 0.6) is 5.75 Å². The molecule has 0 amide bonds. The van der Waals surface area contributed by atoms with Crippen molar-refractivity contribution in [2.75, 3.05) is 32.8 Å². The third-order valence-electron chi connectivity index (χ3n) is 4.53. The highest BCUT2D eigenvalue weighted by atomic mass is 32.2. The molecule has 3 rings (SSSR count). The van der Waals surface area contributed by atoms with Crippen LogP contribution in [-0.2, 0) is 22.9 Å². The Bertz CT molecular complexity index is 930. The van der Waals surface area contributed by atoms with E-state index < -0.39 is 10.0 Å². The summed E-state index contributed by atoms with van der Waals surface area (Å²) in [6.45, 7) is 4.81. The largest absolute Gasteiger partial charge is 0.493 e. The van der Waals surface area contributed by atoms with Gasteiger partial charge in [0.2, 0.25) is 10.0 Å². The number of nitrogens with one attached hydrogen (secondary N) is 3. The van der Waals surface area contributed by atoms with Gasteiger partial charge in [-0.25, -0.2) is 13.1 Å². The fourth-order valence-electron chi connectivity index (χ4n) is 3.09. The van der Waals surface area contributed by atoms with Crippen LogP contribution in [0.2, 0.25) is 0 Å². The summed E-state index contributed by atoms with van der Waals surface area (Å²) in [5.41, 5.74) is 2.53. The summed E-state index contributed by atoms with van der Waals surface area (Å²) in [7, 11) is -3.50. The summed E-state index contributed by atoms with van der Waals surface area (Å²) in [5, 5.41) is 6.48. The number of ether oxygens (including phenoxy) is 1. The summed E-state index contributed by atoms with van der Waals surface area (Å²) in [5.74, 6) is 1.67. The third-order valence-corrected chi connectivity index (χ3v) is 6.01. The van der Waals surface area contributed by atoms with Crippen molar-refractivity contribution in [1.82, 2.24) is 15.4 Å². The van der Waals surface area contributed by atoms with Gasteiger partial charge in [-0.15, -0.1) is 0 Å². The zero-order valence-corrected chi connectivity index (χ0v) is 17.5. The lowest BCUT2D eigenvalue weighted by atomic mass is 10.1. The molecule has 0 aromatic heterocycles. The molecule has 7 nitrogen and oxygen atoms in total. The first-order valence-corrected chi connectivity index (χ1v) is 11.4. The van der Waals surface area contributed by atoms with Gasteiger partial charge in [0.1, 0.15) is 5.75 Å². The van der Waals surface area contributed by atoms with Gasteiger partial charge < -0.3 is 15.4 Å². The van der Waals surface area contributed by atoms with Crippen molar-refractivity contribution in [3.63, 3.8) is 0 Å². The molecule has 0 bridgehead atoms. The molecule has 3 N–H and O–H groups in total. The van der Waals surface area contributed by atoms with E-state index in [1.54, 1.807) is 30.3 Å². The quantitative estimate of drug-likeness (QED) is 0.329. The van der Waals surface area contributed by atoms with Crippen LogP contribution < -0.4 is 20.1 Å². The van der Waals surface area contributed by atoms with Crippen LogP contribution in [-0.4, -0.2) is 47.2 Å². The Balaban J connectivity index is 1.46. The van der Waals surface area contributed by atoms with E-state index in [0.717, 1.165) is 38.3 Å². The second kappa shape index (κ2) is 10.3. The van der Waals surface area contributed by atoms with Crippen LogP contribution in [0, 0.1) is 0 Å². The molecule has 1 heterocycles. The van der Waals surface area contributed by atoms with Gasteiger partial charge in [-0.3, -0.25) is 4.99 Å². The van der Waals surface area contributed by atoms with Crippen LogP contribution in [0.25, 0.3) is 0 Å². The second-order valence-corrected chi connectivity index (χ2v) is 8.46. The van der Waals surface area contributed by atoms with Crippen LogP contribution in [0.15, 0.2) is 58.4 Å². The molecule has 0 unspecified atom stereocenters. The highest BCUT2D eigenvalue weighted by Crippen LogP contribution is 2.25. The van der Waals surface area contributed by atoms with Gasteiger partial charge in [0, 0.05) is 26.1 Å². The topological polar surface area (TPSA) is 91.8 Å². The van der Waals surface area contributed by atoms with E-state index in [9.17, 15) is 8.42 Å². The van der Waals surface area contributed by atoms with Crippen molar-refractivity contribution < 1.29 is 13.2 Å². The number of rotatable bonds is 9. The minimum Gasteiger partial charge on any atom is -0.493 e. The molecule has 1 aliphatic rings. The van der Waals surface area contributed by atoms with Gasteiger partial charge in [-0.1, -0.05) is 30.3 Å². The Hall–Kier alpha value is -2.58. The molecule has 0 saturated carbocycles. The molecule has 0 radical (unpaired) electrons. The van der Waals surface area contributed by atoms with Crippen molar-refractivity contribution in [3.05, 3.63) is 59.7 Å². The van der Waals surface area contributed by atoms with E-state index >= 15 is 0 Å². The number of fused-ring (bicyclic) bond motifs is 1. The molecule has 2 aromatic rings. The Morgan fingerprint density at radius 3 is 2.72 bits per heavy atom. The van der Waals surface area contributed by atoms with Crippen molar-refractivity contribution in [3.8, 4) is 5.75 Å². The molecule has 0 fully saturated rings. The van der Waals surface area contributed by atoms with Crippen LogP contribution in [0.1, 0.15) is 18.1 Å². The highest BCUT2D eigenvalue weighted by molar-refractivity contribution is 7.89. The van der Waals surface area contributed by atoms with Gasteiger partial charge in [0.05, 0.1) is 18.0 Å². The fraction of sp³-hybridized carbons (Fsp3) is 0.381. The first-order chi connectivity index (χ1) is 14.1. The summed E-state index contributed by atoms with van der Waals surface area (Å²) in [6, 6.07) is 14.7. The molecular weight excluding hydrogens is 388 g/mol. The number of benzene rings is 2. The van der Waals surface area contributed by atoms with Gasteiger partial charge in [0.15, 0.2) is 5.96 Å². The van der Waals surface area contributed by atoms with Gasteiger partial charge >= 0.3 is 0 Å². The minimum atomic E-state index is -3.50. The number of aliphatic imine (C=N–C) groups is 1. The second-order valence-electron chi connectivity index (χ2n) is 6.69. The predicted molar refractivity (Wildman–Crippen MR) is 115 cm³/mol. The number of sulfonamides is 1. The summed E-state index contributed by atoms with van der Waals surface area (Å²) in [4.78, 5) is 4.70. The average Bonchev–Trinajstić information content (AvgIpc) is 3.20. The van der Waals surface area contributed by atoms with Gasteiger partial charge in [0.25, 0.3) is 0 Å². The van der Waals surface area contributed by atoms with Crippen molar-refractivity contribution in [2.24, 2.45) is 4.99 Å². The molecule has 8 heteroatoms. The first kappa shape index (κ1) is 21.1. The number of hydrogen-bond acceptors (Lipinski definition) is 4. The zero-order chi connectivity index (χ0) is 20.5. The van der Waals surface area contributed by atoms with E-state index in [-0.39, 0.29) is 11.4 Å². The zero-order valence-electron chi connectivity index (χ0n) is 16.6. The van der Waals surface area contributed by atoms with Gasteiger partial charge in [-0.2, -0.15) is 0 Å². The van der Waals surface area contributed by atoms with E-state index in [1.165, 1.54) is 11.1 Å². The molecule has 29 heavy (non-hydrogen) atoms. The molecular formula is C21H28N4O3S. The maximum absolute atomic E-state index is 12.2. The van der Waals surface area contributed by atoms with Crippen molar-refractivity contribution in [2.45, 2.75) is 24.7 Å². The predicted octanol–water partition coefficient (Wildman–Crippen LogP) is 1.70. The van der Waals surface area contributed by atoms with Crippen molar-refractivity contribution in [1.29, 1.82) is 0 Å². The van der Waals surface area contributed by atoms with E-state index in [2.05, 4.69) is 32.5 Å². The fourth-order valence-corrected chi connectivity index (χ4v) is 4.14. The summed E-state index contributed by atoms with van der Waals surface area (Å²) in [6.07, 6.45) is 1.85. The lowest BCUT2D eigenvalue weighted by Crippen LogP contribution is -2.39. The van der Waals surface area contributed by atoms with E-state index in [0.29, 0.717) is 12.5 Å². The maximum atomic E-state index is 12.2. The standard InChI is InChI=1S/C21H28N4O3S/c1-2-22-21(23-12-10-17-8-9-20-18(16-17)11-15-28-20)24-13-14-25-29(26,27)19-6-4-3-5-7-19/h3-9,16,25H,2,10-15H2,1H3,(H2,22,23,24). The summed E-state index contributed by atoms with van der Waals surface area (Å²) >= 11 is 0. The van der Waals surface area contributed by atoms with Crippen molar-refractivity contribution >= 4 is 16.0 Å². The van der Waals surface area contributed by atoms with Crippen LogP contribution in [0.4, 0.5) is 0 Å². The van der Waals surface area contributed by atoms with E-state index in [4.69, 9.17) is 4.74 Å². The van der Waals surface area contributed by atoms with Gasteiger partial charge in [-0.05, 0) is 42.7 Å². The molecule has 0 atom stereocenters. The highest BCUT2D eigenvalue weighted by Gasteiger charge is 2.13. The minimum absolute atomic E-state index is 0.235. The Morgan fingerprint density at radius 1 is 1.10 bits per heavy atom. The lowest BCUT2D eigenvalue weighted by Gasteiger charge is -2.12. The first-order valence-electron chi connectivity index (χ1n) is 9.90. The van der Waals surface area contributed by atoms with E-state index in [1.807, 2.05) is 13.0 Å². The maximum Gasteiger partial charge on any atom is 0.240 e.